The Morgan fingerprint density at radius 3 is 2.62 bits per heavy atom. The molecule has 1 atom stereocenters. The molecule has 3 nitrogen and oxygen atoms in total. The fourth-order valence-electron chi connectivity index (χ4n) is 1.32. The first kappa shape index (κ1) is 8.38. The van der Waals surface area contributed by atoms with Crippen LogP contribution in [0.1, 0.15) is 11.7 Å². The molecule has 1 aliphatic heterocycles. The number of methoxy groups -OCH3 is 2. The van der Waals surface area contributed by atoms with Crippen LogP contribution in [-0.2, 0) is 4.74 Å². The van der Waals surface area contributed by atoms with E-state index in [1.165, 1.54) is 0 Å². The minimum atomic E-state index is 0.199. The lowest BCUT2D eigenvalue weighted by Gasteiger charge is -2.07. The molecule has 1 heterocycles. The molecule has 0 aromatic heterocycles. The maximum absolute atomic E-state index is 5.21. The van der Waals surface area contributed by atoms with E-state index in [0.29, 0.717) is 0 Å². The third kappa shape index (κ3) is 1.60. The summed E-state index contributed by atoms with van der Waals surface area (Å²) < 4.78 is 15.5. The molecule has 0 spiro atoms. The van der Waals surface area contributed by atoms with Crippen molar-refractivity contribution in [1.29, 1.82) is 0 Å². The molecule has 0 amide bonds. The van der Waals surface area contributed by atoms with E-state index in [1.807, 2.05) is 18.2 Å². The van der Waals surface area contributed by atoms with Crippen LogP contribution in [0.2, 0.25) is 0 Å². The van der Waals surface area contributed by atoms with Gasteiger partial charge in [0.1, 0.15) is 17.6 Å². The van der Waals surface area contributed by atoms with E-state index in [2.05, 4.69) is 0 Å². The molecule has 1 fully saturated rings. The summed E-state index contributed by atoms with van der Waals surface area (Å²) in [5.41, 5.74) is 1.07. The third-order valence-corrected chi connectivity index (χ3v) is 2.12. The fraction of sp³-hybridized carbons (Fsp3) is 0.400. The number of epoxide rings is 1. The lowest BCUT2D eigenvalue weighted by molar-refractivity contribution is 0.377. The number of rotatable bonds is 3. The topological polar surface area (TPSA) is 31.0 Å². The first-order valence-electron chi connectivity index (χ1n) is 4.18. The molecule has 13 heavy (non-hydrogen) atoms. The standard InChI is InChI=1S/C10H12O3/c1-11-7-3-4-9(12-2)8(5-7)10-6-13-10/h3-5,10H,6H2,1-2H3/t10-/m0/s1. The van der Waals surface area contributed by atoms with Gasteiger partial charge in [0.05, 0.1) is 20.8 Å². The lowest BCUT2D eigenvalue weighted by atomic mass is 10.1. The van der Waals surface area contributed by atoms with Gasteiger partial charge in [0, 0.05) is 5.56 Å². The average Bonchev–Trinajstić information content (AvgIpc) is 3.00. The van der Waals surface area contributed by atoms with Gasteiger partial charge >= 0.3 is 0 Å². The summed E-state index contributed by atoms with van der Waals surface area (Å²) in [6.07, 6.45) is 0.199. The van der Waals surface area contributed by atoms with Crippen LogP contribution >= 0.6 is 0 Å². The van der Waals surface area contributed by atoms with E-state index in [9.17, 15) is 0 Å². The van der Waals surface area contributed by atoms with Crippen LogP contribution in [0.3, 0.4) is 0 Å². The molecule has 0 radical (unpaired) electrons. The van der Waals surface area contributed by atoms with Gasteiger partial charge in [0.25, 0.3) is 0 Å². The molecule has 2 rings (SSSR count). The number of hydrogen-bond donors (Lipinski definition) is 0. The Labute approximate surface area is 77.2 Å². The Morgan fingerprint density at radius 1 is 1.31 bits per heavy atom. The van der Waals surface area contributed by atoms with Crippen LogP contribution in [0.5, 0.6) is 11.5 Å². The van der Waals surface area contributed by atoms with Crippen LogP contribution in [0.4, 0.5) is 0 Å². The quantitative estimate of drug-likeness (QED) is 0.664. The zero-order valence-electron chi connectivity index (χ0n) is 7.74. The normalized spacial score (nSPS) is 19.7. The Morgan fingerprint density at radius 2 is 2.08 bits per heavy atom. The van der Waals surface area contributed by atoms with Crippen molar-refractivity contribution in [3.8, 4) is 11.5 Å². The summed E-state index contributed by atoms with van der Waals surface area (Å²) in [5, 5.41) is 0. The average molecular weight is 180 g/mol. The molecular formula is C10H12O3. The van der Waals surface area contributed by atoms with Gasteiger partial charge in [-0.25, -0.2) is 0 Å². The molecule has 0 aliphatic carbocycles. The van der Waals surface area contributed by atoms with Crippen molar-refractivity contribution in [2.75, 3.05) is 20.8 Å². The maximum Gasteiger partial charge on any atom is 0.125 e. The second-order valence-corrected chi connectivity index (χ2v) is 2.93. The second kappa shape index (κ2) is 3.26. The summed E-state index contributed by atoms with van der Waals surface area (Å²) >= 11 is 0. The van der Waals surface area contributed by atoms with Gasteiger partial charge in [-0.15, -0.1) is 0 Å². The van der Waals surface area contributed by atoms with E-state index in [1.54, 1.807) is 14.2 Å². The van der Waals surface area contributed by atoms with Crippen molar-refractivity contribution in [3.63, 3.8) is 0 Å². The number of benzene rings is 1. The summed E-state index contributed by atoms with van der Waals surface area (Å²) in [7, 11) is 3.31. The van der Waals surface area contributed by atoms with Crippen LogP contribution in [-0.4, -0.2) is 20.8 Å². The lowest BCUT2D eigenvalue weighted by Crippen LogP contribution is -1.92. The first-order valence-corrected chi connectivity index (χ1v) is 4.18. The van der Waals surface area contributed by atoms with Crippen molar-refractivity contribution in [3.05, 3.63) is 23.8 Å². The van der Waals surface area contributed by atoms with Crippen LogP contribution in [0.25, 0.3) is 0 Å². The highest BCUT2D eigenvalue weighted by Crippen LogP contribution is 2.38. The zero-order valence-corrected chi connectivity index (χ0v) is 7.74. The van der Waals surface area contributed by atoms with Crippen molar-refractivity contribution in [2.45, 2.75) is 6.10 Å². The van der Waals surface area contributed by atoms with Gasteiger partial charge in [-0.1, -0.05) is 0 Å². The van der Waals surface area contributed by atoms with Gasteiger partial charge in [-0.3, -0.25) is 0 Å². The Bertz CT molecular complexity index is 305. The van der Waals surface area contributed by atoms with Gasteiger partial charge < -0.3 is 14.2 Å². The highest BCUT2D eigenvalue weighted by molar-refractivity contribution is 5.42. The van der Waals surface area contributed by atoms with E-state index >= 15 is 0 Å². The van der Waals surface area contributed by atoms with Crippen molar-refractivity contribution in [2.24, 2.45) is 0 Å². The van der Waals surface area contributed by atoms with Crippen LogP contribution in [0.15, 0.2) is 18.2 Å². The minimum Gasteiger partial charge on any atom is -0.497 e. The van der Waals surface area contributed by atoms with Crippen LogP contribution in [0, 0.1) is 0 Å². The maximum atomic E-state index is 5.21. The molecule has 0 saturated carbocycles. The summed E-state index contributed by atoms with van der Waals surface area (Å²) in [6.45, 7) is 0.781. The van der Waals surface area contributed by atoms with Crippen molar-refractivity contribution in [1.82, 2.24) is 0 Å². The predicted octanol–water partition coefficient (Wildman–Crippen LogP) is 1.78. The number of ether oxygens (including phenoxy) is 3. The van der Waals surface area contributed by atoms with Crippen molar-refractivity contribution < 1.29 is 14.2 Å². The van der Waals surface area contributed by atoms with Gasteiger partial charge in [0.2, 0.25) is 0 Å². The van der Waals surface area contributed by atoms with E-state index in [4.69, 9.17) is 14.2 Å². The van der Waals surface area contributed by atoms with Gasteiger partial charge in [0.15, 0.2) is 0 Å². The summed E-state index contributed by atoms with van der Waals surface area (Å²) in [4.78, 5) is 0. The molecule has 1 aromatic carbocycles. The molecule has 1 saturated heterocycles. The zero-order chi connectivity index (χ0) is 9.26. The van der Waals surface area contributed by atoms with E-state index in [0.717, 1.165) is 23.7 Å². The highest BCUT2D eigenvalue weighted by Gasteiger charge is 2.28. The largest absolute Gasteiger partial charge is 0.497 e. The molecule has 0 unspecified atom stereocenters. The molecular weight excluding hydrogens is 168 g/mol. The summed E-state index contributed by atoms with van der Waals surface area (Å²) in [5.74, 6) is 1.70. The van der Waals surface area contributed by atoms with Gasteiger partial charge in [-0.2, -0.15) is 0 Å². The molecule has 1 aliphatic rings. The second-order valence-electron chi connectivity index (χ2n) is 2.93. The molecule has 0 bridgehead atoms. The van der Waals surface area contributed by atoms with Crippen LogP contribution < -0.4 is 9.47 Å². The third-order valence-electron chi connectivity index (χ3n) is 2.12. The van der Waals surface area contributed by atoms with Crippen molar-refractivity contribution >= 4 is 0 Å². The monoisotopic (exact) mass is 180 g/mol. The predicted molar refractivity (Wildman–Crippen MR) is 48.2 cm³/mol. The Hall–Kier alpha value is -1.22. The molecule has 3 heteroatoms. The first-order chi connectivity index (χ1) is 6.35. The molecule has 1 aromatic rings. The molecule has 70 valence electrons. The van der Waals surface area contributed by atoms with E-state index in [-0.39, 0.29) is 6.10 Å². The van der Waals surface area contributed by atoms with Gasteiger partial charge in [-0.05, 0) is 18.2 Å². The Balaban J connectivity index is 2.35. The molecule has 0 N–H and O–H groups in total. The Kier molecular flexibility index (Phi) is 2.10. The SMILES string of the molecule is COc1ccc(OC)c([C@@H]2CO2)c1. The summed E-state index contributed by atoms with van der Waals surface area (Å²) in [6, 6.07) is 5.73. The smallest absolute Gasteiger partial charge is 0.125 e. The fourth-order valence-corrected chi connectivity index (χ4v) is 1.32. The minimum absolute atomic E-state index is 0.199. The number of hydrogen-bond acceptors (Lipinski definition) is 3. The van der Waals surface area contributed by atoms with E-state index < -0.39 is 0 Å². The highest BCUT2D eigenvalue weighted by atomic mass is 16.6.